The SMILES string of the molecule is Cc1noc(C)c1-c1cccc([C@H]2CN(C(=O)/C=C/c3ccccc3)CCO2)n1. The Balaban J connectivity index is 1.49. The first-order valence-electron chi connectivity index (χ1n) is 9.65. The number of carbonyl (C=O) groups is 1. The fourth-order valence-electron chi connectivity index (χ4n) is 3.48. The van der Waals surface area contributed by atoms with Gasteiger partial charge in [-0.3, -0.25) is 4.79 Å². The van der Waals surface area contributed by atoms with E-state index in [1.165, 1.54) is 0 Å². The van der Waals surface area contributed by atoms with Crippen LogP contribution < -0.4 is 0 Å². The third-order valence-electron chi connectivity index (χ3n) is 4.99. The van der Waals surface area contributed by atoms with E-state index >= 15 is 0 Å². The molecule has 3 heterocycles. The maximum Gasteiger partial charge on any atom is 0.246 e. The Kier molecular flexibility index (Phi) is 5.53. The van der Waals surface area contributed by atoms with Crippen LogP contribution in [0.3, 0.4) is 0 Å². The van der Waals surface area contributed by atoms with Crippen LogP contribution in [0.1, 0.15) is 28.8 Å². The van der Waals surface area contributed by atoms with Gasteiger partial charge in [0.25, 0.3) is 0 Å². The topological polar surface area (TPSA) is 68.5 Å². The smallest absolute Gasteiger partial charge is 0.246 e. The monoisotopic (exact) mass is 389 g/mol. The van der Waals surface area contributed by atoms with Crippen molar-refractivity contribution in [3.8, 4) is 11.3 Å². The van der Waals surface area contributed by atoms with E-state index in [4.69, 9.17) is 14.2 Å². The predicted molar refractivity (Wildman–Crippen MR) is 110 cm³/mol. The Morgan fingerprint density at radius 1 is 1.14 bits per heavy atom. The number of aromatic nitrogens is 2. The molecule has 0 N–H and O–H groups in total. The molecule has 6 nitrogen and oxygen atoms in total. The molecule has 1 amide bonds. The molecule has 1 aliphatic heterocycles. The van der Waals surface area contributed by atoms with Gasteiger partial charge in [-0.1, -0.05) is 41.6 Å². The number of nitrogens with zero attached hydrogens (tertiary/aromatic N) is 3. The lowest BCUT2D eigenvalue weighted by Crippen LogP contribution is -2.41. The van der Waals surface area contributed by atoms with E-state index in [0.29, 0.717) is 19.7 Å². The second-order valence-electron chi connectivity index (χ2n) is 7.03. The highest BCUT2D eigenvalue weighted by atomic mass is 16.5. The van der Waals surface area contributed by atoms with E-state index in [9.17, 15) is 4.79 Å². The minimum atomic E-state index is -0.266. The number of rotatable bonds is 4. The molecule has 0 spiro atoms. The highest BCUT2D eigenvalue weighted by Crippen LogP contribution is 2.28. The average Bonchev–Trinajstić information content (AvgIpc) is 3.11. The van der Waals surface area contributed by atoms with Gasteiger partial charge < -0.3 is 14.2 Å². The van der Waals surface area contributed by atoms with Crippen molar-refractivity contribution in [1.29, 1.82) is 0 Å². The van der Waals surface area contributed by atoms with Crippen molar-refractivity contribution in [3.63, 3.8) is 0 Å². The van der Waals surface area contributed by atoms with Crippen LogP contribution in [0, 0.1) is 13.8 Å². The molecule has 1 fully saturated rings. The summed E-state index contributed by atoms with van der Waals surface area (Å²) in [5.74, 6) is 0.712. The van der Waals surface area contributed by atoms with Crippen LogP contribution in [0.15, 0.2) is 59.1 Å². The van der Waals surface area contributed by atoms with Crippen molar-refractivity contribution in [2.24, 2.45) is 0 Å². The number of aryl methyl sites for hydroxylation is 2. The van der Waals surface area contributed by atoms with Gasteiger partial charge >= 0.3 is 0 Å². The maximum absolute atomic E-state index is 12.6. The highest BCUT2D eigenvalue weighted by molar-refractivity contribution is 5.91. The zero-order valence-corrected chi connectivity index (χ0v) is 16.5. The van der Waals surface area contributed by atoms with Crippen LogP contribution >= 0.6 is 0 Å². The second kappa shape index (κ2) is 8.41. The van der Waals surface area contributed by atoms with E-state index in [1.54, 1.807) is 11.0 Å². The van der Waals surface area contributed by atoms with Crippen molar-refractivity contribution in [3.05, 3.63) is 77.3 Å². The molecular weight excluding hydrogens is 366 g/mol. The standard InChI is InChI=1S/C23H23N3O3/c1-16-23(17(2)29-25-16)20-10-6-9-19(24-20)21-15-26(13-14-28-21)22(27)12-11-18-7-4-3-5-8-18/h3-12,21H,13-15H2,1-2H3/b12-11+/t21-/m1/s1. The predicted octanol–water partition coefficient (Wildman–Crippen LogP) is 3.97. The van der Waals surface area contributed by atoms with Crippen LogP contribution in [-0.4, -0.2) is 40.6 Å². The number of morpholine rings is 1. The Morgan fingerprint density at radius 3 is 2.72 bits per heavy atom. The van der Waals surface area contributed by atoms with Crippen LogP contribution in [-0.2, 0) is 9.53 Å². The Bertz CT molecular complexity index is 1010. The van der Waals surface area contributed by atoms with Gasteiger partial charge in [0.1, 0.15) is 11.9 Å². The van der Waals surface area contributed by atoms with Crippen molar-refractivity contribution in [1.82, 2.24) is 15.0 Å². The summed E-state index contributed by atoms with van der Waals surface area (Å²) in [5.41, 5.74) is 4.31. The van der Waals surface area contributed by atoms with Crippen molar-refractivity contribution in [2.75, 3.05) is 19.7 Å². The number of benzene rings is 1. The first-order chi connectivity index (χ1) is 14.1. The Hall–Kier alpha value is -3.25. The summed E-state index contributed by atoms with van der Waals surface area (Å²) >= 11 is 0. The van der Waals surface area contributed by atoms with E-state index < -0.39 is 0 Å². The number of hydrogen-bond acceptors (Lipinski definition) is 5. The summed E-state index contributed by atoms with van der Waals surface area (Å²) in [6.45, 7) is 5.29. The molecule has 1 aromatic carbocycles. The lowest BCUT2D eigenvalue weighted by Gasteiger charge is -2.32. The van der Waals surface area contributed by atoms with Crippen LogP contribution in [0.5, 0.6) is 0 Å². The maximum atomic E-state index is 12.6. The minimum absolute atomic E-state index is 0.0240. The Morgan fingerprint density at radius 2 is 1.97 bits per heavy atom. The fraction of sp³-hybridized carbons (Fsp3) is 0.261. The van der Waals surface area contributed by atoms with Gasteiger partial charge in [0, 0.05) is 12.6 Å². The quantitative estimate of drug-likeness (QED) is 0.632. The van der Waals surface area contributed by atoms with Gasteiger partial charge in [-0.25, -0.2) is 4.98 Å². The zero-order valence-electron chi connectivity index (χ0n) is 16.5. The first kappa shape index (κ1) is 19.1. The van der Waals surface area contributed by atoms with Crippen LogP contribution in [0.25, 0.3) is 17.3 Å². The summed E-state index contributed by atoms with van der Waals surface area (Å²) in [7, 11) is 0. The third kappa shape index (κ3) is 4.27. The Labute approximate surface area is 169 Å². The molecule has 4 rings (SSSR count). The molecule has 0 aliphatic carbocycles. The summed E-state index contributed by atoms with van der Waals surface area (Å²) in [5, 5.41) is 4.01. The normalized spacial score (nSPS) is 17.0. The van der Waals surface area contributed by atoms with Gasteiger partial charge in [0.15, 0.2) is 0 Å². The van der Waals surface area contributed by atoms with Crippen molar-refractivity contribution < 1.29 is 14.1 Å². The summed E-state index contributed by atoms with van der Waals surface area (Å²) in [6.07, 6.45) is 3.19. The van der Waals surface area contributed by atoms with Gasteiger partial charge in [-0.15, -0.1) is 0 Å². The van der Waals surface area contributed by atoms with Gasteiger partial charge in [0.2, 0.25) is 5.91 Å². The number of ether oxygens (including phenoxy) is 1. The highest BCUT2D eigenvalue weighted by Gasteiger charge is 2.26. The molecular formula is C23H23N3O3. The molecule has 29 heavy (non-hydrogen) atoms. The molecule has 0 unspecified atom stereocenters. The van der Waals surface area contributed by atoms with E-state index in [-0.39, 0.29) is 12.0 Å². The molecule has 2 aromatic heterocycles. The summed E-state index contributed by atoms with van der Waals surface area (Å²) in [6, 6.07) is 15.6. The molecule has 0 bridgehead atoms. The zero-order chi connectivity index (χ0) is 20.2. The third-order valence-corrected chi connectivity index (χ3v) is 4.99. The lowest BCUT2D eigenvalue weighted by molar-refractivity contribution is -0.133. The molecule has 1 aliphatic rings. The number of carbonyl (C=O) groups excluding carboxylic acids is 1. The first-order valence-corrected chi connectivity index (χ1v) is 9.65. The van der Waals surface area contributed by atoms with Gasteiger partial charge in [-0.2, -0.15) is 0 Å². The van der Waals surface area contributed by atoms with E-state index in [0.717, 1.165) is 34.0 Å². The molecule has 0 saturated carbocycles. The van der Waals surface area contributed by atoms with E-state index in [2.05, 4.69) is 5.16 Å². The number of hydrogen-bond donors (Lipinski definition) is 0. The molecule has 3 aromatic rings. The number of pyridine rings is 1. The average molecular weight is 389 g/mol. The number of amides is 1. The van der Waals surface area contributed by atoms with Gasteiger partial charge in [-0.05, 0) is 37.6 Å². The summed E-state index contributed by atoms with van der Waals surface area (Å²) < 4.78 is 11.2. The van der Waals surface area contributed by atoms with Gasteiger partial charge in [0.05, 0.1) is 35.8 Å². The summed E-state index contributed by atoms with van der Waals surface area (Å²) in [4.78, 5) is 19.2. The van der Waals surface area contributed by atoms with Crippen LogP contribution in [0.2, 0.25) is 0 Å². The molecule has 1 saturated heterocycles. The fourth-order valence-corrected chi connectivity index (χ4v) is 3.48. The lowest BCUT2D eigenvalue weighted by atomic mass is 10.1. The molecule has 0 radical (unpaired) electrons. The molecule has 1 atom stereocenters. The largest absolute Gasteiger partial charge is 0.368 e. The molecule has 6 heteroatoms. The minimum Gasteiger partial charge on any atom is -0.368 e. The molecule has 148 valence electrons. The van der Waals surface area contributed by atoms with Crippen molar-refractivity contribution >= 4 is 12.0 Å². The second-order valence-corrected chi connectivity index (χ2v) is 7.03. The van der Waals surface area contributed by atoms with E-state index in [1.807, 2.05) is 68.5 Å². The van der Waals surface area contributed by atoms with Crippen LogP contribution in [0.4, 0.5) is 0 Å². The van der Waals surface area contributed by atoms with Crippen molar-refractivity contribution in [2.45, 2.75) is 20.0 Å².